The molecule has 0 aliphatic carbocycles. The van der Waals surface area contributed by atoms with E-state index < -0.39 is 0 Å². The van der Waals surface area contributed by atoms with Gasteiger partial charge in [0.05, 0.1) is 19.4 Å². The SMILES string of the molecule is C[C@@H](C[NH+]1CCCCC1)OC(=O)/C=C/c1ccco1. The van der Waals surface area contributed by atoms with Crippen molar-refractivity contribution in [2.75, 3.05) is 19.6 Å². The van der Waals surface area contributed by atoms with Crippen molar-refractivity contribution in [2.24, 2.45) is 0 Å². The minimum absolute atomic E-state index is 0.0400. The monoisotopic (exact) mass is 264 g/mol. The Morgan fingerprint density at radius 2 is 2.26 bits per heavy atom. The maximum Gasteiger partial charge on any atom is 0.331 e. The van der Waals surface area contributed by atoms with E-state index >= 15 is 0 Å². The minimum atomic E-state index is -0.305. The average molecular weight is 264 g/mol. The van der Waals surface area contributed by atoms with Crippen LogP contribution in [0, 0.1) is 0 Å². The molecule has 1 N–H and O–H groups in total. The molecular formula is C15H22NO3+. The van der Waals surface area contributed by atoms with Crippen LogP contribution < -0.4 is 4.90 Å². The van der Waals surface area contributed by atoms with Gasteiger partial charge < -0.3 is 14.1 Å². The molecule has 0 bridgehead atoms. The van der Waals surface area contributed by atoms with Gasteiger partial charge in [0, 0.05) is 6.08 Å². The van der Waals surface area contributed by atoms with Gasteiger partial charge >= 0.3 is 5.97 Å². The number of carbonyl (C=O) groups excluding carboxylic acids is 1. The van der Waals surface area contributed by atoms with Crippen molar-refractivity contribution in [2.45, 2.75) is 32.3 Å². The Morgan fingerprint density at radius 1 is 1.47 bits per heavy atom. The summed E-state index contributed by atoms with van der Waals surface area (Å²) >= 11 is 0. The zero-order chi connectivity index (χ0) is 13.5. The van der Waals surface area contributed by atoms with Gasteiger partial charge in [0.1, 0.15) is 18.4 Å². The summed E-state index contributed by atoms with van der Waals surface area (Å²) in [6, 6.07) is 3.58. The van der Waals surface area contributed by atoms with Crippen LogP contribution in [0.4, 0.5) is 0 Å². The topological polar surface area (TPSA) is 43.9 Å². The quantitative estimate of drug-likeness (QED) is 0.644. The van der Waals surface area contributed by atoms with Gasteiger partial charge in [-0.1, -0.05) is 0 Å². The summed E-state index contributed by atoms with van der Waals surface area (Å²) in [5.74, 6) is 0.353. The molecule has 4 heteroatoms. The summed E-state index contributed by atoms with van der Waals surface area (Å²) in [7, 11) is 0. The second-order valence-electron chi connectivity index (χ2n) is 5.11. The smallest absolute Gasteiger partial charge is 0.331 e. The molecule has 1 aliphatic rings. The van der Waals surface area contributed by atoms with Crippen molar-refractivity contribution in [3.8, 4) is 0 Å². The van der Waals surface area contributed by atoms with Crippen molar-refractivity contribution < 1.29 is 18.8 Å². The maximum absolute atomic E-state index is 11.6. The van der Waals surface area contributed by atoms with Gasteiger partial charge in [-0.15, -0.1) is 0 Å². The fourth-order valence-corrected chi connectivity index (χ4v) is 2.48. The van der Waals surface area contributed by atoms with Gasteiger partial charge in [0.2, 0.25) is 0 Å². The van der Waals surface area contributed by atoms with E-state index in [1.807, 2.05) is 6.92 Å². The summed E-state index contributed by atoms with van der Waals surface area (Å²) in [5, 5.41) is 0. The normalized spacial score (nSPS) is 18.6. The van der Waals surface area contributed by atoms with Crippen molar-refractivity contribution in [1.29, 1.82) is 0 Å². The number of hydrogen-bond donors (Lipinski definition) is 1. The molecule has 0 unspecified atom stereocenters. The lowest BCUT2D eigenvalue weighted by atomic mass is 10.1. The Kier molecular flexibility index (Phi) is 5.21. The first-order chi connectivity index (χ1) is 9.24. The molecule has 0 saturated carbocycles. The van der Waals surface area contributed by atoms with Crippen LogP contribution in [0.25, 0.3) is 6.08 Å². The fraction of sp³-hybridized carbons (Fsp3) is 0.533. The van der Waals surface area contributed by atoms with Gasteiger partial charge in [-0.05, 0) is 44.4 Å². The van der Waals surface area contributed by atoms with Gasteiger partial charge in [0.25, 0.3) is 0 Å². The van der Waals surface area contributed by atoms with Crippen LogP contribution in [0.3, 0.4) is 0 Å². The lowest BCUT2D eigenvalue weighted by Gasteiger charge is -2.25. The Morgan fingerprint density at radius 3 is 2.95 bits per heavy atom. The van der Waals surface area contributed by atoms with Crippen LogP contribution >= 0.6 is 0 Å². The first-order valence-electron chi connectivity index (χ1n) is 7.00. The summed E-state index contributed by atoms with van der Waals surface area (Å²) in [6.07, 6.45) is 8.49. The largest absolute Gasteiger partial charge is 0.465 e. The Labute approximate surface area is 114 Å². The molecule has 104 valence electrons. The predicted molar refractivity (Wildman–Crippen MR) is 72.7 cm³/mol. The molecule has 1 aliphatic heterocycles. The molecule has 1 atom stereocenters. The predicted octanol–water partition coefficient (Wildman–Crippen LogP) is 1.29. The first kappa shape index (κ1) is 13.9. The number of nitrogens with one attached hydrogen (secondary N) is 1. The fourth-order valence-electron chi connectivity index (χ4n) is 2.48. The first-order valence-corrected chi connectivity index (χ1v) is 7.00. The number of ether oxygens (including phenoxy) is 1. The maximum atomic E-state index is 11.6. The number of hydrogen-bond acceptors (Lipinski definition) is 3. The van der Waals surface area contributed by atoms with E-state index in [1.54, 1.807) is 29.4 Å². The highest BCUT2D eigenvalue weighted by atomic mass is 16.5. The third kappa shape index (κ3) is 4.91. The van der Waals surface area contributed by atoms with Gasteiger partial charge in [-0.2, -0.15) is 0 Å². The zero-order valence-corrected chi connectivity index (χ0v) is 11.4. The Hall–Kier alpha value is -1.55. The van der Waals surface area contributed by atoms with E-state index in [-0.39, 0.29) is 12.1 Å². The van der Waals surface area contributed by atoms with E-state index in [4.69, 9.17) is 9.15 Å². The summed E-state index contributed by atoms with van der Waals surface area (Å²) in [6.45, 7) is 5.26. The second-order valence-corrected chi connectivity index (χ2v) is 5.11. The molecule has 1 fully saturated rings. The van der Waals surface area contributed by atoms with Crippen LogP contribution in [-0.2, 0) is 9.53 Å². The van der Waals surface area contributed by atoms with E-state index in [1.165, 1.54) is 38.4 Å². The molecule has 1 aromatic heterocycles. The third-order valence-corrected chi connectivity index (χ3v) is 3.38. The highest BCUT2D eigenvalue weighted by Crippen LogP contribution is 2.03. The molecule has 2 heterocycles. The standard InChI is InChI=1S/C15H21NO3/c1-13(12-16-9-3-2-4-10-16)19-15(17)8-7-14-6-5-11-18-14/h5-8,11,13H,2-4,9-10,12H2,1H3/p+1/b8-7+/t13-/m0/s1. The number of rotatable bonds is 5. The molecule has 2 rings (SSSR count). The minimum Gasteiger partial charge on any atom is -0.465 e. The van der Waals surface area contributed by atoms with Crippen molar-refractivity contribution in [3.05, 3.63) is 30.2 Å². The lowest BCUT2D eigenvalue weighted by Crippen LogP contribution is -3.13. The zero-order valence-electron chi connectivity index (χ0n) is 11.4. The van der Waals surface area contributed by atoms with E-state index in [2.05, 4.69) is 0 Å². The summed E-state index contributed by atoms with van der Waals surface area (Å²) in [5.41, 5.74) is 0. The number of piperidine rings is 1. The lowest BCUT2D eigenvalue weighted by molar-refractivity contribution is -0.907. The molecule has 0 radical (unpaired) electrons. The average Bonchev–Trinajstić information content (AvgIpc) is 2.90. The van der Waals surface area contributed by atoms with Crippen LogP contribution in [0.2, 0.25) is 0 Å². The Balaban J connectivity index is 1.72. The van der Waals surface area contributed by atoms with Crippen LogP contribution in [0.1, 0.15) is 31.9 Å². The number of quaternary nitrogens is 1. The van der Waals surface area contributed by atoms with Crippen molar-refractivity contribution in [3.63, 3.8) is 0 Å². The number of likely N-dealkylation sites (tertiary alicyclic amines) is 1. The molecular weight excluding hydrogens is 242 g/mol. The third-order valence-electron chi connectivity index (χ3n) is 3.38. The van der Waals surface area contributed by atoms with Crippen molar-refractivity contribution >= 4 is 12.0 Å². The van der Waals surface area contributed by atoms with Gasteiger partial charge in [-0.25, -0.2) is 4.79 Å². The van der Waals surface area contributed by atoms with Crippen LogP contribution in [0.15, 0.2) is 28.9 Å². The number of carbonyl (C=O) groups is 1. The highest BCUT2D eigenvalue weighted by Gasteiger charge is 2.18. The van der Waals surface area contributed by atoms with E-state index in [9.17, 15) is 4.79 Å². The van der Waals surface area contributed by atoms with Crippen LogP contribution in [0.5, 0.6) is 0 Å². The van der Waals surface area contributed by atoms with E-state index in [0.717, 1.165) is 6.54 Å². The summed E-state index contributed by atoms with van der Waals surface area (Å²) in [4.78, 5) is 13.2. The molecule has 0 aromatic carbocycles. The molecule has 0 spiro atoms. The highest BCUT2D eigenvalue weighted by molar-refractivity contribution is 5.86. The van der Waals surface area contributed by atoms with E-state index in [0.29, 0.717) is 5.76 Å². The molecule has 1 aromatic rings. The van der Waals surface area contributed by atoms with Gasteiger partial charge in [-0.3, -0.25) is 0 Å². The Bertz CT molecular complexity index is 405. The molecule has 1 saturated heterocycles. The molecule has 19 heavy (non-hydrogen) atoms. The van der Waals surface area contributed by atoms with Crippen molar-refractivity contribution in [1.82, 2.24) is 0 Å². The summed E-state index contributed by atoms with van der Waals surface area (Å²) < 4.78 is 10.5. The van der Waals surface area contributed by atoms with Crippen LogP contribution in [-0.4, -0.2) is 31.7 Å². The second kappa shape index (κ2) is 7.14. The van der Waals surface area contributed by atoms with Gasteiger partial charge in [0.15, 0.2) is 0 Å². The molecule has 0 amide bonds. The number of esters is 1. The molecule has 4 nitrogen and oxygen atoms in total. The number of furan rings is 1.